The molecule has 5 heteroatoms. The van der Waals surface area contributed by atoms with Crippen molar-refractivity contribution in [1.82, 2.24) is 4.90 Å². The maximum absolute atomic E-state index is 12.4. The van der Waals surface area contributed by atoms with Crippen LogP contribution in [0.1, 0.15) is 19.4 Å². The van der Waals surface area contributed by atoms with Gasteiger partial charge in [-0.15, -0.1) is 0 Å². The Morgan fingerprint density at radius 1 is 1.04 bits per heavy atom. The van der Waals surface area contributed by atoms with E-state index in [0.717, 1.165) is 5.56 Å². The normalized spacial score (nSPS) is 10.4. The summed E-state index contributed by atoms with van der Waals surface area (Å²) in [5, 5.41) is 9.33. The highest BCUT2D eigenvalue weighted by atomic mass is 16.6. The molecule has 2 aromatic rings. The van der Waals surface area contributed by atoms with Crippen LogP contribution in [0.25, 0.3) is 0 Å². The minimum absolute atomic E-state index is 0.0189. The number of methoxy groups -OCH3 is 1. The fourth-order valence-electron chi connectivity index (χ4n) is 2.06. The first-order valence-electron chi connectivity index (χ1n) is 7.40. The molecule has 1 amide bonds. The number of rotatable bonds is 5. The number of benzene rings is 2. The van der Waals surface area contributed by atoms with Crippen LogP contribution >= 0.6 is 0 Å². The summed E-state index contributed by atoms with van der Waals surface area (Å²) >= 11 is 0. The van der Waals surface area contributed by atoms with Gasteiger partial charge < -0.3 is 19.5 Å². The van der Waals surface area contributed by atoms with Gasteiger partial charge in [0, 0.05) is 12.6 Å². The number of amides is 1. The van der Waals surface area contributed by atoms with Gasteiger partial charge in [-0.2, -0.15) is 0 Å². The summed E-state index contributed by atoms with van der Waals surface area (Å²) < 4.78 is 10.5. The van der Waals surface area contributed by atoms with Crippen LogP contribution in [0, 0.1) is 0 Å². The van der Waals surface area contributed by atoms with Crippen LogP contribution in [0.5, 0.6) is 17.2 Å². The highest BCUT2D eigenvalue weighted by Crippen LogP contribution is 2.19. The van der Waals surface area contributed by atoms with Crippen LogP contribution < -0.4 is 9.47 Å². The van der Waals surface area contributed by atoms with Crippen molar-refractivity contribution in [2.45, 2.75) is 26.4 Å². The Labute approximate surface area is 136 Å². The maximum Gasteiger partial charge on any atom is 0.415 e. The van der Waals surface area contributed by atoms with E-state index in [1.54, 1.807) is 60.5 Å². The van der Waals surface area contributed by atoms with E-state index in [-0.39, 0.29) is 11.8 Å². The molecule has 1 N–H and O–H groups in total. The van der Waals surface area contributed by atoms with Crippen molar-refractivity contribution < 1.29 is 19.4 Å². The van der Waals surface area contributed by atoms with E-state index in [0.29, 0.717) is 18.0 Å². The zero-order valence-electron chi connectivity index (χ0n) is 13.5. The van der Waals surface area contributed by atoms with Gasteiger partial charge in [-0.1, -0.05) is 12.1 Å². The monoisotopic (exact) mass is 315 g/mol. The predicted octanol–water partition coefficient (Wildman–Crippen LogP) is 3.81. The van der Waals surface area contributed by atoms with Gasteiger partial charge in [0.2, 0.25) is 0 Å². The third kappa shape index (κ3) is 4.64. The molecule has 0 aromatic heterocycles. The van der Waals surface area contributed by atoms with Crippen LogP contribution in [-0.2, 0) is 6.54 Å². The SMILES string of the molecule is COc1ccc(OC(=O)N(Cc2ccc(O)cc2)C(C)C)cc1. The highest BCUT2D eigenvalue weighted by Gasteiger charge is 2.19. The molecule has 0 aliphatic heterocycles. The van der Waals surface area contributed by atoms with Gasteiger partial charge in [0.1, 0.15) is 17.2 Å². The molecule has 0 bridgehead atoms. The van der Waals surface area contributed by atoms with Gasteiger partial charge in [-0.05, 0) is 55.8 Å². The lowest BCUT2D eigenvalue weighted by molar-refractivity contribution is 0.135. The summed E-state index contributed by atoms with van der Waals surface area (Å²) in [5.41, 5.74) is 0.920. The molecule has 0 saturated heterocycles. The summed E-state index contributed by atoms with van der Waals surface area (Å²) in [7, 11) is 1.58. The lowest BCUT2D eigenvalue weighted by atomic mass is 10.2. The first-order valence-corrected chi connectivity index (χ1v) is 7.40. The predicted molar refractivity (Wildman–Crippen MR) is 87.8 cm³/mol. The largest absolute Gasteiger partial charge is 0.508 e. The van der Waals surface area contributed by atoms with Crippen molar-refractivity contribution in [3.63, 3.8) is 0 Å². The fraction of sp³-hybridized carbons (Fsp3) is 0.278. The number of carbonyl (C=O) groups is 1. The lowest BCUT2D eigenvalue weighted by Gasteiger charge is -2.26. The van der Waals surface area contributed by atoms with Crippen LogP contribution in [0.4, 0.5) is 4.79 Å². The number of phenols is 1. The van der Waals surface area contributed by atoms with Gasteiger partial charge in [-0.25, -0.2) is 4.79 Å². The first-order chi connectivity index (χ1) is 11.0. The Balaban J connectivity index is 2.06. The smallest absolute Gasteiger partial charge is 0.415 e. The second kappa shape index (κ2) is 7.54. The van der Waals surface area contributed by atoms with E-state index < -0.39 is 6.09 Å². The summed E-state index contributed by atoms with van der Waals surface area (Å²) in [4.78, 5) is 14.0. The molecule has 0 heterocycles. The number of aromatic hydroxyl groups is 1. The van der Waals surface area contributed by atoms with E-state index in [1.165, 1.54) is 0 Å². The Morgan fingerprint density at radius 2 is 1.61 bits per heavy atom. The second-order valence-electron chi connectivity index (χ2n) is 5.43. The molecule has 0 unspecified atom stereocenters. The molecule has 0 saturated carbocycles. The average Bonchev–Trinajstić information content (AvgIpc) is 2.54. The summed E-state index contributed by atoms with van der Waals surface area (Å²) in [5.74, 6) is 1.37. The number of hydrogen-bond acceptors (Lipinski definition) is 4. The molecule has 0 aliphatic carbocycles. The van der Waals surface area contributed by atoms with Crippen molar-refractivity contribution in [3.8, 4) is 17.2 Å². The first kappa shape index (κ1) is 16.7. The fourth-order valence-corrected chi connectivity index (χ4v) is 2.06. The van der Waals surface area contributed by atoms with Crippen LogP contribution in [0.3, 0.4) is 0 Å². The Kier molecular flexibility index (Phi) is 5.46. The molecule has 0 aliphatic rings. The zero-order valence-corrected chi connectivity index (χ0v) is 13.5. The highest BCUT2D eigenvalue weighted by molar-refractivity contribution is 5.71. The minimum Gasteiger partial charge on any atom is -0.508 e. The lowest BCUT2D eigenvalue weighted by Crippen LogP contribution is -2.38. The van der Waals surface area contributed by atoms with E-state index in [9.17, 15) is 9.90 Å². The third-order valence-electron chi connectivity index (χ3n) is 3.41. The maximum atomic E-state index is 12.4. The van der Waals surface area contributed by atoms with Gasteiger partial charge >= 0.3 is 6.09 Å². The minimum atomic E-state index is -0.418. The van der Waals surface area contributed by atoms with Crippen molar-refractivity contribution >= 4 is 6.09 Å². The molecule has 0 radical (unpaired) electrons. The molecule has 0 fully saturated rings. The van der Waals surface area contributed by atoms with E-state index in [4.69, 9.17) is 9.47 Å². The van der Waals surface area contributed by atoms with Crippen LogP contribution in [0.2, 0.25) is 0 Å². The van der Waals surface area contributed by atoms with Gasteiger partial charge in [0.15, 0.2) is 0 Å². The second-order valence-corrected chi connectivity index (χ2v) is 5.43. The molecule has 23 heavy (non-hydrogen) atoms. The molecular formula is C18H21NO4. The number of phenolic OH excluding ortho intramolecular Hbond substituents is 1. The number of hydrogen-bond donors (Lipinski definition) is 1. The Bertz CT molecular complexity index is 635. The number of ether oxygens (including phenoxy) is 2. The average molecular weight is 315 g/mol. The third-order valence-corrected chi connectivity index (χ3v) is 3.41. The number of nitrogens with zero attached hydrogens (tertiary/aromatic N) is 1. The number of carbonyl (C=O) groups excluding carboxylic acids is 1. The van der Waals surface area contributed by atoms with E-state index >= 15 is 0 Å². The Hall–Kier alpha value is -2.69. The standard InChI is InChI=1S/C18H21NO4/c1-13(2)19(12-14-4-6-15(20)7-5-14)18(21)23-17-10-8-16(22-3)9-11-17/h4-11,13,20H,12H2,1-3H3. The van der Waals surface area contributed by atoms with Crippen molar-refractivity contribution in [1.29, 1.82) is 0 Å². The zero-order chi connectivity index (χ0) is 16.8. The molecule has 122 valence electrons. The van der Waals surface area contributed by atoms with Crippen molar-refractivity contribution in [2.24, 2.45) is 0 Å². The quantitative estimate of drug-likeness (QED) is 0.911. The van der Waals surface area contributed by atoms with Gasteiger partial charge in [-0.3, -0.25) is 0 Å². The molecular weight excluding hydrogens is 294 g/mol. The van der Waals surface area contributed by atoms with Crippen LogP contribution in [0.15, 0.2) is 48.5 Å². The molecule has 2 rings (SSSR count). The van der Waals surface area contributed by atoms with Crippen molar-refractivity contribution in [3.05, 3.63) is 54.1 Å². The molecule has 5 nitrogen and oxygen atoms in total. The van der Waals surface area contributed by atoms with Gasteiger partial charge in [0.25, 0.3) is 0 Å². The van der Waals surface area contributed by atoms with Gasteiger partial charge in [0.05, 0.1) is 7.11 Å². The van der Waals surface area contributed by atoms with Crippen molar-refractivity contribution in [2.75, 3.05) is 7.11 Å². The Morgan fingerprint density at radius 3 is 2.13 bits per heavy atom. The molecule has 0 spiro atoms. The molecule has 0 atom stereocenters. The van der Waals surface area contributed by atoms with Crippen LogP contribution in [-0.4, -0.2) is 29.3 Å². The van der Waals surface area contributed by atoms with E-state index in [1.807, 2.05) is 13.8 Å². The molecule has 2 aromatic carbocycles. The topological polar surface area (TPSA) is 59.0 Å². The van der Waals surface area contributed by atoms with E-state index in [2.05, 4.69) is 0 Å². The summed E-state index contributed by atoms with van der Waals surface area (Å²) in [6.45, 7) is 4.26. The summed E-state index contributed by atoms with van der Waals surface area (Å²) in [6.07, 6.45) is -0.418. The summed E-state index contributed by atoms with van der Waals surface area (Å²) in [6, 6.07) is 13.6.